The fourth-order valence-electron chi connectivity index (χ4n) is 3.18. The minimum absolute atomic E-state index is 0.283. The van der Waals surface area contributed by atoms with Gasteiger partial charge in [0.05, 0.1) is 21.6 Å². The standard InChI is InChI=1S/C18H17ClN4O3S.C3H6F2O/c1-18(9-27(25)10-18)22-17(24)16-21-13-5-4-12(7-14(13)23(16)2)26-15-6-3-11(19)8-20-15;1-6-2-3(4)5/h3-8H,9-10H2,1-2H3,(H,22,24);3H,2H2,1H3. The van der Waals surface area contributed by atoms with Crippen molar-refractivity contribution in [3.63, 3.8) is 0 Å². The molecule has 8 nitrogen and oxygen atoms in total. The normalized spacial score (nSPS) is 19.5. The summed E-state index contributed by atoms with van der Waals surface area (Å²) < 4.78 is 44.7. The van der Waals surface area contributed by atoms with E-state index in [0.29, 0.717) is 39.5 Å². The summed E-state index contributed by atoms with van der Waals surface area (Å²) in [6.45, 7) is 1.43. The number of methoxy groups -OCH3 is 1. The minimum atomic E-state index is -2.32. The Morgan fingerprint density at radius 2 is 2.06 bits per heavy atom. The number of nitrogens with one attached hydrogen (secondary N) is 1. The predicted molar refractivity (Wildman–Crippen MR) is 122 cm³/mol. The topological polar surface area (TPSA) is 95.3 Å². The zero-order valence-corrected chi connectivity index (χ0v) is 19.8. The third-order valence-electron chi connectivity index (χ3n) is 4.65. The number of amides is 1. The molecule has 0 radical (unpaired) electrons. The first-order chi connectivity index (χ1) is 15.6. The highest BCUT2D eigenvalue weighted by molar-refractivity contribution is 7.86. The van der Waals surface area contributed by atoms with Crippen molar-refractivity contribution in [1.82, 2.24) is 19.9 Å². The molecule has 0 bridgehead atoms. The zero-order chi connectivity index (χ0) is 24.2. The molecule has 3 heterocycles. The number of pyridine rings is 1. The number of halogens is 3. The summed E-state index contributed by atoms with van der Waals surface area (Å²) in [7, 11) is 2.16. The van der Waals surface area contributed by atoms with Crippen LogP contribution in [0.15, 0.2) is 36.5 Å². The van der Waals surface area contributed by atoms with E-state index in [9.17, 15) is 17.8 Å². The Hall–Kier alpha value is -2.63. The van der Waals surface area contributed by atoms with Gasteiger partial charge in [-0.05, 0) is 25.1 Å². The van der Waals surface area contributed by atoms with Crippen molar-refractivity contribution in [2.24, 2.45) is 7.05 Å². The molecular weight excluding hydrogens is 478 g/mol. The predicted octanol–water partition coefficient (Wildman–Crippen LogP) is 3.56. The van der Waals surface area contributed by atoms with E-state index in [2.05, 4.69) is 20.0 Å². The molecule has 1 aliphatic heterocycles. The molecule has 2 aromatic heterocycles. The van der Waals surface area contributed by atoms with Crippen LogP contribution in [0.4, 0.5) is 8.78 Å². The largest absolute Gasteiger partial charge is 0.439 e. The second-order valence-corrected chi connectivity index (χ2v) is 9.54. The van der Waals surface area contributed by atoms with Crippen LogP contribution in [0.25, 0.3) is 11.0 Å². The van der Waals surface area contributed by atoms with E-state index in [1.807, 2.05) is 6.92 Å². The van der Waals surface area contributed by atoms with Gasteiger partial charge in [-0.1, -0.05) is 11.6 Å². The first kappa shape index (κ1) is 25.0. The number of aryl methyl sites for hydroxylation is 1. The van der Waals surface area contributed by atoms with Gasteiger partial charge in [-0.3, -0.25) is 9.00 Å². The summed E-state index contributed by atoms with van der Waals surface area (Å²) in [5.74, 6) is 1.95. The maximum Gasteiger partial charge on any atom is 0.287 e. The maximum absolute atomic E-state index is 12.6. The molecule has 0 atom stereocenters. The van der Waals surface area contributed by atoms with E-state index in [1.165, 1.54) is 13.3 Å². The number of benzene rings is 1. The maximum atomic E-state index is 12.6. The van der Waals surface area contributed by atoms with E-state index in [1.54, 1.807) is 41.9 Å². The Labute approximate surface area is 196 Å². The van der Waals surface area contributed by atoms with Gasteiger partial charge < -0.3 is 19.4 Å². The van der Waals surface area contributed by atoms with E-state index in [0.717, 1.165) is 5.52 Å². The van der Waals surface area contributed by atoms with E-state index in [4.69, 9.17) is 16.3 Å². The highest BCUT2D eigenvalue weighted by Gasteiger charge is 2.40. The Morgan fingerprint density at radius 3 is 2.61 bits per heavy atom. The van der Waals surface area contributed by atoms with E-state index >= 15 is 0 Å². The fourth-order valence-corrected chi connectivity index (χ4v) is 4.77. The molecule has 1 fully saturated rings. The SMILES string of the molecule is COCC(F)F.Cn1c(C(=O)NC2(C)CS(=O)C2)nc2ccc(Oc3ccc(Cl)cn3)cc21. The van der Waals surface area contributed by atoms with Crippen molar-refractivity contribution in [2.45, 2.75) is 18.9 Å². The summed E-state index contributed by atoms with van der Waals surface area (Å²) >= 11 is 5.83. The summed E-state index contributed by atoms with van der Waals surface area (Å²) in [5.41, 5.74) is 1.00. The van der Waals surface area contributed by atoms with Gasteiger partial charge in [0, 0.05) is 54.8 Å². The monoisotopic (exact) mass is 500 g/mol. The third-order valence-corrected chi connectivity index (χ3v) is 6.79. The second-order valence-electron chi connectivity index (χ2n) is 7.65. The quantitative estimate of drug-likeness (QED) is 0.556. The van der Waals surface area contributed by atoms with Crippen LogP contribution in [-0.2, 0) is 22.6 Å². The molecule has 0 spiro atoms. The molecule has 1 saturated heterocycles. The number of rotatable bonds is 6. The number of hydrogen-bond donors (Lipinski definition) is 1. The van der Waals surface area contributed by atoms with Gasteiger partial charge in [-0.15, -0.1) is 0 Å². The molecule has 3 aromatic rings. The van der Waals surface area contributed by atoms with Crippen LogP contribution in [0.3, 0.4) is 0 Å². The minimum Gasteiger partial charge on any atom is -0.439 e. The molecule has 33 heavy (non-hydrogen) atoms. The molecule has 178 valence electrons. The molecule has 1 aliphatic rings. The highest BCUT2D eigenvalue weighted by atomic mass is 35.5. The fraction of sp³-hybridized carbons (Fsp3) is 0.381. The lowest BCUT2D eigenvalue weighted by atomic mass is 10.1. The first-order valence-electron chi connectivity index (χ1n) is 9.80. The first-order valence-corrected chi connectivity index (χ1v) is 11.7. The lowest BCUT2D eigenvalue weighted by Gasteiger charge is -2.37. The number of hydrogen-bond acceptors (Lipinski definition) is 6. The van der Waals surface area contributed by atoms with Gasteiger partial charge in [0.25, 0.3) is 12.3 Å². The molecule has 12 heteroatoms. The number of fused-ring (bicyclic) bond motifs is 1. The number of alkyl halides is 2. The summed E-state index contributed by atoms with van der Waals surface area (Å²) in [6, 6.07) is 8.73. The zero-order valence-electron chi connectivity index (χ0n) is 18.2. The number of imidazole rings is 1. The molecule has 0 unspecified atom stereocenters. The van der Waals surface area contributed by atoms with Gasteiger partial charge in [-0.25, -0.2) is 18.7 Å². The number of carbonyl (C=O) groups is 1. The average molecular weight is 501 g/mol. The van der Waals surface area contributed by atoms with Crippen molar-refractivity contribution >= 4 is 39.3 Å². The lowest BCUT2D eigenvalue weighted by Crippen LogP contribution is -2.61. The van der Waals surface area contributed by atoms with Crippen molar-refractivity contribution in [3.05, 3.63) is 47.4 Å². The molecule has 0 aliphatic carbocycles. The van der Waals surface area contributed by atoms with Crippen molar-refractivity contribution in [2.75, 3.05) is 25.2 Å². The van der Waals surface area contributed by atoms with Crippen molar-refractivity contribution in [3.8, 4) is 11.6 Å². The second kappa shape index (κ2) is 10.5. The summed E-state index contributed by atoms with van der Waals surface area (Å²) in [4.78, 5) is 21.1. The summed E-state index contributed by atoms with van der Waals surface area (Å²) in [5, 5.41) is 3.46. The molecule has 4 rings (SSSR count). The van der Waals surface area contributed by atoms with Gasteiger partial charge in [-0.2, -0.15) is 0 Å². The highest BCUT2D eigenvalue weighted by Crippen LogP contribution is 2.26. The number of carbonyl (C=O) groups excluding carboxylic acids is 1. The van der Waals surface area contributed by atoms with Gasteiger partial charge in [0.15, 0.2) is 5.82 Å². The third kappa shape index (κ3) is 6.46. The molecule has 0 saturated carbocycles. The van der Waals surface area contributed by atoms with Gasteiger partial charge in [0.1, 0.15) is 12.4 Å². The van der Waals surface area contributed by atoms with E-state index in [-0.39, 0.29) is 5.91 Å². The van der Waals surface area contributed by atoms with Crippen LogP contribution in [0, 0.1) is 0 Å². The summed E-state index contributed by atoms with van der Waals surface area (Å²) in [6.07, 6.45) is -0.814. The smallest absolute Gasteiger partial charge is 0.287 e. The van der Waals surface area contributed by atoms with Gasteiger partial charge >= 0.3 is 0 Å². The Bertz CT molecular complexity index is 1150. The van der Waals surface area contributed by atoms with Gasteiger partial charge in [0.2, 0.25) is 5.88 Å². The van der Waals surface area contributed by atoms with Crippen LogP contribution < -0.4 is 10.1 Å². The average Bonchev–Trinajstić information content (AvgIpc) is 3.05. The number of ether oxygens (including phenoxy) is 2. The van der Waals surface area contributed by atoms with Crippen LogP contribution in [0.2, 0.25) is 5.02 Å². The van der Waals surface area contributed by atoms with E-state index < -0.39 is 29.4 Å². The molecule has 1 N–H and O–H groups in total. The molecule has 1 amide bonds. The Balaban J connectivity index is 0.000000454. The van der Waals surface area contributed by atoms with Crippen molar-refractivity contribution in [1.29, 1.82) is 0 Å². The van der Waals surface area contributed by atoms with Crippen LogP contribution in [0.5, 0.6) is 11.6 Å². The Morgan fingerprint density at radius 1 is 1.33 bits per heavy atom. The number of aromatic nitrogens is 3. The number of nitrogens with zero attached hydrogens (tertiary/aromatic N) is 3. The van der Waals surface area contributed by atoms with Crippen LogP contribution >= 0.6 is 11.6 Å². The molecular formula is C21H23ClF2N4O4S. The van der Waals surface area contributed by atoms with Crippen LogP contribution in [0.1, 0.15) is 17.5 Å². The molecule has 1 aromatic carbocycles. The van der Waals surface area contributed by atoms with Crippen LogP contribution in [-0.4, -0.2) is 61.8 Å². The van der Waals surface area contributed by atoms with Crippen molar-refractivity contribution < 1.29 is 27.3 Å². The lowest BCUT2D eigenvalue weighted by molar-refractivity contribution is 0.0425. The Kier molecular flexibility index (Phi) is 7.98.